The van der Waals surface area contributed by atoms with Gasteiger partial charge in [0.15, 0.2) is 6.61 Å². The van der Waals surface area contributed by atoms with Gasteiger partial charge in [0, 0.05) is 31.2 Å². The Balaban J connectivity index is 1.90. The van der Waals surface area contributed by atoms with Gasteiger partial charge in [-0.2, -0.15) is 0 Å². The van der Waals surface area contributed by atoms with E-state index >= 15 is 0 Å². The fourth-order valence-electron chi connectivity index (χ4n) is 2.44. The lowest BCUT2D eigenvalue weighted by atomic mass is 9.95. The Morgan fingerprint density at radius 2 is 1.75 bits per heavy atom. The minimum atomic E-state index is -0.436. The molecule has 132 valence electrons. The highest BCUT2D eigenvalue weighted by molar-refractivity contribution is 5.96. The third-order valence-electron chi connectivity index (χ3n) is 3.90. The van der Waals surface area contributed by atoms with Crippen molar-refractivity contribution in [3.8, 4) is 5.75 Å². The Kier molecular flexibility index (Phi) is 5.83. The normalized spacial score (nSPS) is 15.1. The predicted octanol–water partition coefficient (Wildman–Crippen LogP) is 1.93. The Labute approximate surface area is 143 Å². The average Bonchev–Trinajstić information content (AvgIpc) is 2.58. The Hall–Kier alpha value is -2.08. The first-order valence-corrected chi connectivity index (χ1v) is 8.15. The summed E-state index contributed by atoms with van der Waals surface area (Å²) in [5.41, 5.74) is 0.357. The summed E-state index contributed by atoms with van der Waals surface area (Å²) in [7, 11) is 1.76. The van der Waals surface area contributed by atoms with Crippen molar-refractivity contribution < 1.29 is 19.1 Å². The Morgan fingerprint density at radius 1 is 1.17 bits per heavy atom. The van der Waals surface area contributed by atoms with Gasteiger partial charge in [0.25, 0.3) is 5.91 Å². The number of hydrogen-bond donors (Lipinski definition) is 0. The predicted molar refractivity (Wildman–Crippen MR) is 92.2 cm³/mol. The summed E-state index contributed by atoms with van der Waals surface area (Å²) < 4.78 is 10.8. The SMILES string of the molecule is CN(C(=O)C(C)(C)C)c1ccc(OCC(=O)N2CCOCC2)cc1. The van der Waals surface area contributed by atoms with E-state index in [9.17, 15) is 9.59 Å². The molecule has 0 saturated carbocycles. The number of nitrogens with zero attached hydrogens (tertiary/aromatic N) is 2. The number of carbonyl (C=O) groups excluding carboxylic acids is 2. The zero-order valence-corrected chi connectivity index (χ0v) is 14.9. The van der Waals surface area contributed by atoms with Gasteiger partial charge in [-0.25, -0.2) is 0 Å². The van der Waals surface area contributed by atoms with E-state index in [2.05, 4.69) is 0 Å². The van der Waals surface area contributed by atoms with Crippen LogP contribution in [0.5, 0.6) is 5.75 Å². The molecule has 2 amide bonds. The highest BCUT2D eigenvalue weighted by atomic mass is 16.5. The van der Waals surface area contributed by atoms with Crippen molar-refractivity contribution in [3.05, 3.63) is 24.3 Å². The Bertz CT molecular complexity index is 572. The summed E-state index contributed by atoms with van der Waals surface area (Å²) in [6, 6.07) is 7.18. The van der Waals surface area contributed by atoms with Crippen LogP contribution in [0.1, 0.15) is 20.8 Å². The van der Waals surface area contributed by atoms with Crippen LogP contribution in [0, 0.1) is 5.41 Å². The molecule has 1 heterocycles. The first-order valence-electron chi connectivity index (χ1n) is 8.15. The summed E-state index contributed by atoms with van der Waals surface area (Å²) >= 11 is 0. The lowest BCUT2D eigenvalue weighted by Crippen LogP contribution is -2.42. The number of morpholine rings is 1. The van der Waals surface area contributed by atoms with Crippen LogP contribution in [0.15, 0.2) is 24.3 Å². The van der Waals surface area contributed by atoms with E-state index < -0.39 is 5.41 Å². The molecule has 0 bridgehead atoms. The van der Waals surface area contributed by atoms with Crippen LogP contribution in [0.3, 0.4) is 0 Å². The highest BCUT2D eigenvalue weighted by Crippen LogP contribution is 2.24. The van der Waals surface area contributed by atoms with Gasteiger partial charge in [-0.05, 0) is 24.3 Å². The summed E-state index contributed by atoms with van der Waals surface area (Å²) in [6.45, 7) is 8.06. The first-order chi connectivity index (χ1) is 11.3. The molecule has 1 aliphatic rings. The molecule has 6 heteroatoms. The molecule has 1 aromatic rings. The minimum absolute atomic E-state index is 0.0100. The molecule has 1 fully saturated rings. The second kappa shape index (κ2) is 7.66. The summed E-state index contributed by atoms with van der Waals surface area (Å²) in [5.74, 6) is 0.609. The van der Waals surface area contributed by atoms with Crippen molar-refractivity contribution in [2.24, 2.45) is 5.41 Å². The molecule has 0 radical (unpaired) electrons. The minimum Gasteiger partial charge on any atom is -0.484 e. The fourth-order valence-corrected chi connectivity index (χ4v) is 2.44. The molecule has 1 saturated heterocycles. The van der Waals surface area contributed by atoms with E-state index in [0.717, 1.165) is 5.69 Å². The lowest BCUT2D eigenvalue weighted by Gasteiger charge is -2.27. The van der Waals surface area contributed by atoms with E-state index in [1.807, 2.05) is 32.9 Å². The number of rotatable bonds is 4. The van der Waals surface area contributed by atoms with Gasteiger partial charge in [-0.1, -0.05) is 20.8 Å². The highest BCUT2D eigenvalue weighted by Gasteiger charge is 2.25. The number of carbonyl (C=O) groups is 2. The van der Waals surface area contributed by atoms with Crippen LogP contribution in [0.25, 0.3) is 0 Å². The van der Waals surface area contributed by atoms with Crippen molar-refractivity contribution in [1.82, 2.24) is 4.90 Å². The van der Waals surface area contributed by atoms with Crippen molar-refractivity contribution >= 4 is 17.5 Å². The summed E-state index contributed by atoms with van der Waals surface area (Å²) in [6.07, 6.45) is 0. The van der Waals surface area contributed by atoms with Crippen LogP contribution >= 0.6 is 0 Å². The molecule has 1 aliphatic heterocycles. The van der Waals surface area contributed by atoms with Gasteiger partial charge >= 0.3 is 0 Å². The van der Waals surface area contributed by atoms with E-state index in [4.69, 9.17) is 9.47 Å². The molecule has 1 aromatic carbocycles. The molecule has 0 aromatic heterocycles. The maximum atomic E-state index is 12.3. The van der Waals surface area contributed by atoms with E-state index in [1.54, 1.807) is 29.0 Å². The molecule has 0 atom stereocenters. The third kappa shape index (κ3) is 4.71. The standard InChI is InChI=1S/C18H26N2O4/c1-18(2,3)17(22)19(4)14-5-7-15(8-6-14)24-13-16(21)20-9-11-23-12-10-20/h5-8H,9-13H2,1-4H3. The van der Waals surface area contributed by atoms with Gasteiger partial charge in [0.2, 0.25) is 5.91 Å². The molecule has 0 spiro atoms. The van der Waals surface area contributed by atoms with E-state index in [1.165, 1.54) is 0 Å². The van der Waals surface area contributed by atoms with Crippen molar-refractivity contribution in [1.29, 1.82) is 0 Å². The summed E-state index contributed by atoms with van der Waals surface area (Å²) in [5, 5.41) is 0. The third-order valence-corrected chi connectivity index (χ3v) is 3.90. The first kappa shape index (κ1) is 18.3. The second-order valence-corrected chi connectivity index (χ2v) is 6.89. The molecule has 24 heavy (non-hydrogen) atoms. The molecular weight excluding hydrogens is 308 g/mol. The maximum Gasteiger partial charge on any atom is 0.260 e. The number of benzene rings is 1. The number of anilines is 1. The van der Waals surface area contributed by atoms with Crippen LogP contribution < -0.4 is 9.64 Å². The van der Waals surface area contributed by atoms with Gasteiger partial charge in [0.05, 0.1) is 13.2 Å². The number of ether oxygens (including phenoxy) is 2. The van der Waals surface area contributed by atoms with E-state index in [0.29, 0.717) is 32.1 Å². The maximum absolute atomic E-state index is 12.3. The zero-order chi connectivity index (χ0) is 17.7. The topological polar surface area (TPSA) is 59.1 Å². The van der Waals surface area contributed by atoms with Gasteiger partial charge in [-0.15, -0.1) is 0 Å². The van der Waals surface area contributed by atoms with Crippen LogP contribution in [0.2, 0.25) is 0 Å². The van der Waals surface area contributed by atoms with Gasteiger partial charge in [-0.3, -0.25) is 9.59 Å². The molecular formula is C18H26N2O4. The average molecular weight is 334 g/mol. The number of amides is 2. The van der Waals surface area contributed by atoms with Crippen LogP contribution in [0.4, 0.5) is 5.69 Å². The van der Waals surface area contributed by atoms with Crippen LogP contribution in [-0.2, 0) is 14.3 Å². The van der Waals surface area contributed by atoms with Crippen molar-refractivity contribution in [2.45, 2.75) is 20.8 Å². The van der Waals surface area contributed by atoms with Crippen LogP contribution in [-0.4, -0.2) is 56.7 Å². The molecule has 0 aliphatic carbocycles. The zero-order valence-electron chi connectivity index (χ0n) is 14.9. The fraction of sp³-hybridized carbons (Fsp3) is 0.556. The molecule has 0 N–H and O–H groups in total. The lowest BCUT2D eigenvalue weighted by molar-refractivity contribution is -0.137. The molecule has 2 rings (SSSR count). The van der Waals surface area contributed by atoms with Gasteiger partial charge < -0.3 is 19.3 Å². The van der Waals surface area contributed by atoms with Crippen molar-refractivity contribution in [3.63, 3.8) is 0 Å². The summed E-state index contributed by atoms with van der Waals surface area (Å²) in [4.78, 5) is 27.7. The van der Waals surface area contributed by atoms with E-state index in [-0.39, 0.29) is 18.4 Å². The molecule has 6 nitrogen and oxygen atoms in total. The van der Waals surface area contributed by atoms with Crippen molar-refractivity contribution in [2.75, 3.05) is 44.9 Å². The van der Waals surface area contributed by atoms with Gasteiger partial charge in [0.1, 0.15) is 5.75 Å². The molecule has 0 unspecified atom stereocenters. The quantitative estimate of drug-likeness (QED) is 0.844. The second-order valence-electron chi connectivity index (χ2n) is 6.89. The monoisotopic (exact) mass is 334 g/mol. The largest absolute Gasteiger partial charge is 0.484 e. The number of hydrogen-bond acceptors (Lipinski definition) is 4. The smallest absolute Gasteiger partial charge is 0.260 e. The Morgan fingerprint density at radius 3 is 2.29 bits per heavy atom.